The van der Waals surface area contributed by atoms with Gasteiger partial charge in [-0.25, -0.2) is 4.98 Å². The third-order valence-corrected chi connectivity index (χ3v) is 3.06. The van der Waals surface area contributed by atoms with E-state index < -0.39 is 11.6 Å². The lowest BCUT2D eigenvalue weighted by Gasteiger charge is -2.15. The molecular weight excluding hydrogens is 272 g/mol. The summed E-state index contributed by atoms with van der Waals surface area (Å²) in [4.78, 5) is 31.7. The standard InChI is InChI=1S/C15H10N2O4/c1-21-15-11-12(9(18)7-10(19)13(11)20)16-14(17-15)8-5-3-2-4-6-8/h2-7,18H,1H3. The first-order valence-corrected chi connectivity index (χ1v) is 6.13. The monoisotopic (exact) mass is 282 g/mol. The van der Waals surface area contributed by atoms with E-state index in [9.17, 15) is 14.7 Å². The van der Waals surface area contributed by atoms with Crippen molar-refractivity contribution in [1.29, 1.82) is 0 Å². The number of nitrogens with zero attached hydrogens (tertiary/aromatic N) is 2. The molecule has 3 rings (SSSR count). The first-order chi connectivity index (χ1) is 10.1. The van der Waals surface area contributed by atoms with Crippen LogP contribution in [-0.2, 0) is 4.79 Å². The van der Waals surface area contributed by atoms with Crippen LogP contribution in [-0.4, -0.2) is 33.8 Å². The number of carbonyl (C=O) groups is 2. The number of aliphatic hydroxyl groups excluding tert-OH is 1. The van der Waals surface area contributed by atoms with E-state index in [1.54, 1.807) is 12.1 Å². The van der Waals surface area contributed by atoms with Gasteiger partial charge >= 0.3 is 0 Å². The molecule has 1 N–H and O–H groups in total. The van der Waals surface area contributed by atoms with Crippen LogP contribution in [0, 0.1) is 0 Å². The molecule has 0 saturated carbocycles. The molecule has 0 saturated heterocycles. The van der Waals surface area contributed by atoms with Crippen LogP contribution in [0.15, 0.2) is 36.4 Å². The lowest BCUT2D eigenvalue weighted by Crippen LogP contribution is -2.22. The molecule has 1 heterocycles. The van der Waals surface area contributed by atoms with Crippen molar-refractivity contribution in [3.63, 3.8) is 0 Å². The molecule has 21 heavy (non-hydrogen) atoms. The van der Waals surface area contributed by atoms with Gasteiger partial charge in [0.2, 0.25) is 17.4 Å². The Hall–Kier alpha value is -3.02. The van der Waals surface area contributed by atoms with Gasteiger partial charge < -0.3 is 9.84 Å². The number of methoxy groups -OCH3 is 1. The maximum atomic E-state index is 11.9. The molecule has 0 bridgehead atoms. The van der Waals surface area contributed by atoms with Gasteiger partial charge in [0.1, 0.15) is 17.0 Å². The van der Waals surface area contributed by atoms with Crippen molar-refractivity contribution in [3.8, 4) is 17.3 Å². The Morgan fingerprint density at radius 3 is 2.48 bits per heavy atom. The largest absolute Gasteiger partial charge is 0.506 e. The lowest BCUT2D eigenvalue weighted by molar-refractivity contribution is -0.111. The van der Waals surface area contributed by atoms with Gasteiger partial charge in [-0.1, -0.05) is 30.3 Å². The number of rotatable bonds is 2. The van der Waals surface area contributed by atoms with E-state index in [1.165, 1.54) is 7.11 Å². The van der Waals surface area contributed by atoms with Crippen LogP contribution in [0.5, 0.6) is 5.88 Å². The number of hydrogen-bond donors (Lipinski definition) is 1. The summed E-state index contributed by atoms with van der Waals surface area (Å²) in [5.41, 5.74) is 0.600. The lowest BCUT2D eigenvalue weighted by atomic mass is 9.98. The van der Waals surface area contributed by atoms with Crippen LogP contribution in [0.1, 0.15) is 16.1 Å². The molecule has 0 fully saturated rings. The van der Waals surface area contributed by atoms with Crippen molar-refractivity contribution >= 4 is 17.3 Å². The van der Waals surface area contributed by atoms with Crippen LogP contribution < -0.4 is 4.74 Å². The number of aromatic nitrogens is 2. The Kier molecular flexibility index (Phi) is 2.98. The van der Waals surface area contributed by atoms with Crippen molar-refractivity contribution in [2.45, 2.75) is 0 Å². The zero-order valence-corrected chi connectivity index (χ0v) is 11.0. The predicted molar refractivity (Wildman–Crippen MR) is 74.0 cm³/mol. The van der Waals surface area contributed by atoms with E-state index in [2.05, 4.69) is 9.97 Å². The molecule has 0 atom stereocenters. The number of Topliss-reactive ketones (excluding diaryl/α,β-unsaturated/α-hetero) is 1. The SMILES string of the molecule is COc1nc(-c2ccccc2)nc2c1C(=O)C(=O)C=C2O. The number of carbonyl (C=O) groups excluding carboxylic acids is 2. The second-order valence-electron chi connectivity index (χ2n) is 4.37. The molecule has 1 aliphatic rings. The molecular formula is C15H10N2O4. The molecule has 0 amide bonds. The molecule has 2 aromatic rings. The Labute approximate surface area is 119 Å². The quantitative estimate of drug-likeness (QED) is 0.845. The average molecular weight is 282 g/mol. The molecule has 0 unspecified atom stereocenters. The molecule has 104 valence electrons. The summed E-state index contributed by atoms with van der Waals surface area (Å²) in [6.07, 6.45) is 0.853. The maximum Gasteiger partial charge on any atom is 0.240 e. The van der Waals surface area contributed by atoms with E-state index in [-0.39, 0.29) is 22.9 Å². The van der Waals surface area contributed by atoms with Gasteiger partial charge in [-0.3, -0.25) is 9.59 Å². The summed E-state index contributed by atoms with van der Waals surface area (Å²) < 4.78 is 5.08. The van der Waals surface area contributed by atoms with Gasteiger partial charge in [-0.15, -0.1) is 0 Å². The van der Waals surface area contributed by atoms with Crippen molar-refractivity contribution in [1.82, 2.24) is 9.97 Å². The minimum atomic E-state index is -0.825. The minimum absolute atomic E-state index is 0.00491. The third-order valence-electron chi connectivity index (χ3n) is 3.06. The van der Waals surface area contributed by atoms with Crippen molar-refractivity contribution in [2.75, 3.05) is 7.11 Å². The van der Waals surface area contributed by atoms with Crippen LogP contribution >= 0.6 is 0 Å². The van der Waals surface area contributed by atoms with Crippen LogP contribution in [0.3, 0.4) is 0 Å². The van der Waals surface area contributed by atoms with Gasteiger partial charge in [-0.05, 0) is 0 Å². The smallest absolute Gasteiger partial charge is 0.240 e. The maximum absolute atomic E-state index is 11.9. The highest BCUT2D eigenvalue weighted by Gasteiger charge is 2.32. The molecule has 1 aliphatic carbocycles. The fourth-order valence-corrected chi connectivity index (χ4v) is 2.08. The number of ketones is 2. The second-order valence-corrected chi connectivity index (χ2v) is 4.37. The van der Waals surface area contributed by atoms with Crippen LogP contribution in [0.25, 0.3) is 17.1 Å². The van der Waals surface area contributed by atoms with E-state index in [0.717, 1.165) is 6.08 Å². The molecule has 1 aromatic carbocycles. The Bertz CT molecular complexity index is 782. The topological polar surface area (TPSA) is 89.4 Å². The van der Waals surface area contributed by atoms with Crippen LogP contribution in [0.4, 0.5) is 0 Å². The summed E-state index contributed by atoms with van der Waals surface area (Å²) in [5, 5.41) is 9.88. The first kappa shape index (κ1) is 13.0. The van der Waals surface area contributed by atoms with Gasteiger partial charge in [-0.2, -0.15) is 4.98 Å². The van der Waals surface area contributed by atoms with Crippen molar-refractivity contribution in [2.24, 2.45) is 0 Å². The van der Waals surface area contributed by atoms with E-state index in [0.29, 0.717) is 11.4 Å². The van der Waals surface area contributed by atoms with Gasteiger partial charge in [0.05, 0.1) is 7.11 Å². The number of benzene rings is 1. The fourth-order valence-electron chi connectivity index (χ4n) is 2.08. The molecule has 0 radical (unpaired) electrons. The van der Waals surface area contributed by atoms with Gasteiger partial charge in [0.15, 0.2) is 5.82 Å². The average Bonchev–Trinajstić information content (AvgIpc) is 2.52. The summed E-state index contributed by atoms with van der Waals surface area (Å²) in [7, 11) is 1.34. The highest BCUT2D eigenvalue weighted by atomic mass is 16.5. The van der Waals surface area contributed by atoms with Crippen LogP contribution in [0.2, 0.25) is 0 Å². The first-order valence-electron chi connectivity index (χ1n) is 6.13. The van der Waals surface area contributed by atoms with Crippen molar-refractivity contribution < 1.29 is 19.4 Å². The Balaban J connectivity index is 2.27. The van der Waals surface area contributed by atoms with E-state index in [4.69, 9.17) is 4.74 Å². The molecule has 0 spiro atoms. The third kappa shape index (κ3) is 2.06. The number of allylic oxidation sites excluding steroid dienone is 1. The minimum Gasteiger partial charge on any atom is -0.506 e. The van der Waals surface area contributed by atoms with E-state index in [1.807, 2.05) is 18.2 Å². The fraction of sp³-hybridized carbons (Fsp3) is 0.0667. The van der Waals surface area contributed by atoms with Gasteiger partial charge in [0, 0.05) is 11.6 Å². The summed E-state index contributed by atoms with van der Waals surface area (Å²) in [6, 6.07) is 9.05. The Morgan fingerprint density at radius 2 is 1.81 bits per heavy atom. The normalized spacial score (nSPS) is 13.7. The second kappa shape index (κ2) is 4.82. The highest BCUT2D eigenvalue weighted by Crippen LogP contribution is 2.30. The molecule has 1 aromatic heterocycles. The molecule has 0 aliphatic heterocycles. The predicted octanol–water partition coefficient (Wildman–Crippen LogP) is 1.82. The van der Waals surface area contributed by atoms with E-state index >= 15 is 0 Å². The summed E-state index contributed by atoms with van der Waals surface area (Å²) >= 11 is 0. The highest BCUT2D eigenvalue weighted by molar-refractivity contribution is 6.50. The van der Waals surface area contributed by atoms with Gasteiger partial charge in [0.25, 0.3) is 0 Å². The summed E-state index contributed by atoms with van der Waals surface area (Å²) in [5.74, 6) is -1.72. The number of fused-ring (bicyclic) bond motifs is 1. The summed E-state index contributed by atoms with van der Waals surface area (Å²) in [6.45, 7) is 0. The molecule has 6 nitrogen and oxygen atoms in total. The Morgan fingerprint density at radius 1 is 1.10 bits per heavy atom. The number of hydrogen-bond acceptors (Lipinski definition) is 6. The zero-order chi connectivity index (χ0) is 15.0. The zero-order valence-electron chi connectivity index (χ0n) is 11.0. The van der Waals surface area contributed by atoms with Crippen molar-refractivity contribution in [3.05, 3.63) is 47.7 Å². The number of ether oxygens (including phenoxy) is 1. The number of aliphatic hydroxyl groups is 1. The molecule has 6 heteroatoms.